The number of aromatic nitrogens is 2. The maximum Gasteiger partial charge on any atom is 0.352 e. The number of nitrogens with two attached hydrogens (primary N) is 1. The van der Waals surface area contributed by atoms with E-state index in [2.05, 4.69) is 19.8 Å². The highest BCUT2D eigenvalue weighted by Gasteiger charge is 2.54. The minimum absolute atomic E-state index is 0.0371. The van der Waals surface area contributed by atoms with Gasteiger partial charge in [0, 0.05) is 17.3 Å². The number of carbonyl (C=O) groups excluding carboxylic acids is 2. The molecule has 0 bridgehead atoms. The van der Waals surface area contributed by atoms with Crippen molar-refractivity contribution in [2.45, 2.75) is 44.2 Å². The minimum Gasteiger partial charge on any atom is -0.478 e. The molecule has 0 aromatic carbocycles. The molecule has 0 radical (unpaired) electrons. The highest BCUT2D eigenvalue weighted by atomic mass is 32.2. The number of amides is 2. The number of hydrogen-bond acceptors (Lipinski definition) is 11. The molecule has 3 rings (SSSR count). The summed E-state index contributed by atoms with van der Waals surface area (Å²) in [5, 5.41) is 24.2. The van der Waals surface area contributed by atoms with Crippen molar-refractivity contribution in [3.63, 3.8) is 0 Å². The molecule has 13 nitrogen and oxygen atoms in total. The molecule has 0 spiro atoms. The zero-order valence-corrected chi connectivity index (χ0v) is 18.8. The molecular formula is C17H20N6O7S2. The van der Waals surface area contributed by atoms with Crippen LogP contribution in [0, 0.1) is 0 Å². The Bertz CT molecular complexity index is 1050. The molecule has 5 N–H and O–H groups in total. The fourth-order valence-corrected chi connectivity index (χ4v) is 4.76. The molecule has 3 heterocycles. The number of carboxylic acids is 2. The Hall–Kier alpha value is -3.20. The summed E-state index contributed by atoms with van der Waals surface area (Å²) in [5.74, 6) is -3.82. The van der Waals surface area contributed by atoms with Crippen LogP contribution in [-0.2, 0) is 24.0 Å². The number of aliphatic carboxylic acids is 2. The van der Waals surface area contributed by atoms with E-state index in [1.807, 2.05) is 0 Å². The standard InChI is InChI=1S/C17H20N6O7S2/c1-4-6-5-31-13-8(12(25)23(13)9(6)14(26)27)19-11(24)7(10-20-16(18)32-22-10)21-30-17(2,3)15(28)29/h8,13H,4-5H2,1-3H3,(H,19,24)(H,26,27)(H,28,29)(H2,18,20,22)/b21-7-. The van der Waals surface area contributed by atoms with Gasteiger partial charge >= 0.3 is 11.9 Å². The summed E-state index contributed by atoms with van der Waals surface area (Å²) >= 11 is 2.11. The van der Waals surface area contributed by atoms with Gasteiger partial charge < -0.3 is 26.1 Å². The summed E-state index contributed by atoms with van der Waals surface area (Å²) in [6, 6.07) is -1.02. The predicted octanol–water partition coefficient (Wildman–Crippen LogP) is -0.147. The number of nitrogen functional groups attached to an aromatic ring is 1. The van der Waals surface area contributed by atoms with Gasteiger partial charge in [0.15, 0.2) is 5.13 Å². The van der Waals surface area contributed by atoms with E-state index in [9.17, 15) is 29.4 Å². The summed E-state index contributed by atoms with van der Waals surface area (Å²) in [6.45, 7) is 4.26. The van der Waals surface area contributed by atoms with E-state index in [1.165, 1.54) is 25.6 Å². The smallest absolute Gasteiger partial charge is 0.352 e. The Kier molecular flexibility index (Phi) is 6.41. The van der Waals surface area contributed by atoms with Crippen molar-refractivity contribution in [2.75, 3.05) is 11.5 Å². The molecule has 2 atom stereocenters. The van der Waals surface area contributed by atoms with Crippen molar-refractivity contribution in [2.24, 2.45) is 5.16 Å². The molecule has 2 unspecified atom stereocenters. The highest BCUT2D eigenvalue weighted by Crippen LogP contribution is 2.41. The SMILES string of the molecule is CCC1=C(C(=O)O)N2C(=O)C(NC(=O)/C(=N\OC(C)(C)C(=O)O)c3nsc(N)n3)C2SC1. The van der Waals surface area contributed by atoms with Crippen LogP contribution in [0.25, 0.3) is 0 Å². The van der Waals surface area contributed by atoms with Crippen molar-refractivity contribution in [3.05, 3.63) is 17.1 Å². The lowest BCUT2D eigenvalue weighted by molar-refractivity contribution is -0.161. The molecule has 0 saturated carbocycles. The molecule has 15 heteroatoms. The molecule has 172 valence electrons. The first-order valence-corrected chi connectivity index (χ1v) is 11.1. The molecule has 1 fully saturated rings. The number of carboxylic acid groups (broad SMARTS) is 2. The topological polar surface area (TPSA) is 197 Å². The second-order valence-electron chi connectivity index (χ2n) is 7.27. The van der Waals surface area contributed by atoms with Crippen LogP contribution in [0.4, 0.5) is 5.13 Å². The first-order chi connectivity index (χ1) is 15.0. The van der Waals surface area contributed by atoms with Crippen LogP contribution < -0.4 is 11.1 Å². The van der Waals surface area contributed by atoms with Gasteiger partial charge in [-0.3, -0.25) is 14.5 Å². The van der Waals surface area contributed by atoms with Gasteiger partial charge in [-0.05, 0) is 25.8 Å². The average Bonchev–Trinajstić information content (AvgIpc) is 3.16. The third-order valence-electron chi connectivity index (χ3n) is 4.71. The van der Waals surface area contributed by atoms with Crippen LogP contribution in [0.2, 0.25) is 0 Å². The highest BCUT2D eigenvalue weighted by molar-refractivity contribution is 8.00. The summed E-state index contributed by atoms with van der Waals surface area (Å²) < 4.78 is 3.89. The van der Waals surface area contributed by atoms with Crippen molar-refractivity contribution in [3.8, 4) is 0 Å². The zero-order valence-electron chi connectivity index (χ0n) is 17.2. The number of hydrogen-bond donors (Lipinski definition) is 4. The van der Waals surface area contributed by atoms with E-state index in [-0.39, 0.29) is 16.7 Å². The van der Waals surface area contributed by atoms with E-state index >= 15 is 0 Å². The number of oxime groups is 1. The first kappa shape index (κ1) is 23.5. The van der Waals surface area contributed by atoms with Crippen LogP contribution in [0.3, 0.4) is 0 Å². The van der Waals surface area contributed by atoms with Crippen molar-refractivity contribution in [1.82, 2.24) is 19.6 Å². The van der Waals surface area contributed by atoms with E-state index < -0.39 is 46.5 Å². The van der Waals surface area contributed by atoms with Gasteiger partial charge in [0.1, 0.15) is 17.1 Å². The lowest BCUT2D eigenvalue weighted by Gasteiger charge is -2.49. The number of fused-ring (bicyclic) bond motifs is 1. The number of nitrogens with one attached hydrogen (secondary N) is 1. The van der Waals surface area contributed by atoms with Gasteiger partial charge in [0.25, 0.3) is 11.8 Å². The van der Waals surface area contributed by atoms with Gasteiger partial charge in [-0.15, -0.1) is 11.8 Å². The second kappa shape index (κ2) is 8.74. The number of carbonyl (C=O) groups is 4. The maximum absolute atomic E-state index is 12.9. The molecule has 2 aliphatic heterocycles. The maximum atomic E-state index is 12.9. The van der Waals surface area contributed by atoms with Gasteiger partial charge in [-0.2, -0.15) is 9.36 Å². The molecule has 2 aliphatic rings. The summed E-state index contributed by atoms with van der Waals surface area (Å²) in [4.78, 5) is 58.5. The molecule has 1 saturated heterocycles. The van der Waals surface area contributed by atoms with E-state index in [4.69, 9.17) is 10.6 Å². The first-order valence-electron chi connectivity index (χ1n) is 9.27. The second-order valence-corrected chi connectivity index (χ2v) is 9.16. The van der Waals surface area contributed by atoms with Gasteiger partial charge in [-0.25, -0.2) is 9.59 Å². The Morgan fingerprint density at radius 2 is 2.06 bits per heavy atom. The number of nitrogens with zero attached hydrogens (tertiary/aromatic N) is 4. The lowest BCUT2D eigenvalue weighted by Crippen LogP contribution is -2.71. The Morgan fingerprint density at radius 1 is 1.38 bits per heavy atom. The quantitative estimate of drug-likeness (QED) is 0.217. The predicted molar refractivity (Wildman–Crippen MR) is 114 cm³/mol. The van der Waals surface area contributed by atoms with Crippen molar-refractivity contribution in [1.29, 1.82) is 0 Å². The van der Waals surface area contributed by atoms with Gasteiger partial charge in [0.2, 0.25) is 17.1 Å². The lowest BCUT2D eigenvalue weighted by atomic mass is 10.0. The molecule has 2 amide bonds. The third kappa shape index (κ3) is 4.25. The zero-order chi connectivity index (χ0) is 23.8. The van der Waals surface area contributed by atoms with Crippen LogP contribution in [0.1, 0.15) is 33.0 Å². The number of thioether (sulfide) groups is 1. The number of β-lactam (4-membered cyclic amide) rings is 1. The van der Waals surface area contributed by atoms with Crippen molar-refractivity contribution < 1.29 is 34.2 Å². The Labute approximate surface area is 189 Å². The Morgan fingerprint density at radius 3 is 2.59 bits per heavy atom. The van der Waals surface area contributed by atoms with Crippen LogP contribution in [0.15, 0.2) is 16.4 Å². The average molecular weight is 485 g/mol. The third-order valence-corrected chi connectivity index (χ3v) is 6.59. The van der Waals surface area contributed by atoms with Crippen LogP contribution in [0.5, 0.6) is 0 Å². The Balaban J connectivity index is 1.83. The molecule has 1 aromatic rings. The molecule has 32 heavy (non-hydrogen) atoms. The summed E-state index contributed by atoms with van der Waals surface area (Å²) in [6.07, 6.45) is 0.479. The fraction of sp³-hybridized carbons (Fsp3) is 0.471. The van der Waals surface area contributed by atoms with E-state index in [0.29, 0.717) is 17.7 Å². The van der Waals surface area contributed by atoms with Gasteiger partial charge in [-0.1, -0.05) is 12.1 Å². The number of anilines is 1. The van der Waals surface area contributed by atoms with E-state index in [0.717, 1.165) is 16.4 Å². The molecule has 0 aliphatic carbocycles. The van der Waals surface area contributed by atoms with Gasteiger partial charge in [0.05, 0.1) is 0 Å². The van der Waals surface area contributed by atoms with Crippen molar-refractivity contribution >= 4 is 57.9 Å². The largest absolute Gasteiger partial charge is 0.478 e. The molecular weight excluding hydrogens is 464 g/mol. The summed E-state index contributed by atoms with van der Waals surface area (Å²) in [5.41, 5.74) is 3.90. The number of rotatable bonds is 8. The monoisotopic (exact) mass is 484 g/mol. The normalized spacial score (nSPS) is 21.0. The minimum atomic E-state index is -1.76. The van der Waals surface area contributed by atoms with Crippen LogP contribution >= 0.6 is 23.3 Å². The fourth-order valence-electron chi connectivity index (χ4n) is 2.88. The molecule has 1 aromatic heterocycles. The van der Waals surface area contributed by atoms with Crippen LogP contribution in [-0.4, -0.2) is 76.7 Å². The summed E-state index contributed by atoms with van der Waals surface area (Å²) in [7, 11) is 0. The van der Waals surface area contributed by atoms with E-state index in [1.54, 1.807) is 6.92 Å².